The Labute approximate surface area is 124 Å². The zero-order chi connectivity index (χ0) is 14.8. The first-order valence-electron chi connectivity index (χ1n) is 6.91. The molecule has 1 aliphatic rings. The summed E-state index contributed by atoms with van der Waals surface area (Å²) in [6, 6.07) is 0.166. The second kappa shape index (κ2) is 6.28. The van der Waals surface area contributed by atoms with Gasteiger partial charge in [-0.25, -0.2) is 8.42 Å². The van der Waals surface area contributed by atoms with Crippen molar-refractivity contribution in [1.29, 1.82) is 0 Å². The van der Waals surface area contributed by atoms with Crippen LogP contribution in [0.1, 0.15) is 26.7 Å². The number of nitrogens with one attached hydrogen (secondary N) is 1. The molecule has 0 aromatic carbocycles. The normalized spacial score (nSPS) is 18.3. The van der Waals surface area contributed by atoms with Gasteiger partial charge in [-0.2, -0.15) is 4.37 Å². The van der Waals surface area contributed by atoms with E-state index in [2.05, 4.69) is 21.5 Å². The first kappa shape index (κ1) is 15.5. The van der Waals surface area contributed by atoms with E-state index in [0.717, 1.165) is 31.2 Å². The van der Waals surface area contributed by atoms with Gasteiger partial charge in [0.2, 0.25) is 0 Å². The number of nitrogens with two attached hydrogens (primary N) is 1. The molecule has 1 fully saturated rings. The van der Waals surface area contributed by atoms with Crippen molar-refractivity contribution in [1.82, 2.24) is 9.27 Å². The van der Waals surface area contributed by atoms with Crippen LogP contribution in [-0.2, 0) is 9.84 Å². The third-order valence-corrected chi connectivity index (χ3v) is 6.19. The van der Waals surface area contributed by atoms with E-state index in [-0.39, 0.29) is 22.5 Å². The number of sulfone groups is 1. The van der Waals surface area contributed by atoms with Crippen LogP contribution in [0.4, 0.5) is 10.8 Å². The maximum absolute atomic E-state index is 12.1. The minimum Gasteiger partial charge on any atom is -0.382 e. The topological polar surface area (TPSA) is 88.3 Å². The molecule has 1 atom stereocenters. The quantitative estimate of drug-likeness (QED) is 0.824. The number of hydrogen-bond acceptors (Lipinski definition) is 7. The lowest BCUT2D eigenvalue weighted by atomic mass is 10.3. The van der Waals surface area contributed by atoms with Crippen molar-refractivity contribution in [3.05, 3.63) is 0 Å². The van der Waals surface area contributed by atoms with Crippen molar-refractivity contribution < 1.29 is 8.42 Å². The van der Waals surface area contributed by atoms with E-state index < -0.39 is 9.84 Å². The van der Waals surface area contributed by atoms with Gasteiger partial charge in [0.15, 0.2) is 15.7 Å². The molecule has 0 radical (unpaired) electrons. The van der Waals surface area contributed by atoms with Crippen LogP contribution in [0.25, 0.3) is 0 Å². The average Bonchev–Trinajstić information content (AvgIpc) is 3.00. The van der Waals surface area contributed by atoms with Gasteiger partial charge in [-0.15, -0.1) is 0 Å². The number of nitrogens with zero attached hydrogens (tertiary/aromatic N) is 2. The van der Waals surface area contributed by atoms with E-state index in [0.29, 0.717) is 5.00 Å². The van der Waals surface area contributed by atoms with Gasteiger partial charge in [0.05, 0.1) is 5.75 Å². The maximum Gasteiger partial charge on any atom is 0.184 e. The molecule has 1 aromatic heterocycles. The molecule has 0 saturated carbocycles. The van der Waals surface area contributed by atoms with Crippen LogP contribution in [0.5, 0.6) is 0 Å². The zero-order valence-electron chi connectivity index (χ0n) is 11.9. The first-order chi connectivity index (χ1) is 9.44. The average molecular weight is 318 g/mol. The summed E-state index contributed by atoms with van der Waals surface area (Å²) in [5, 5.41) is 3.82. The molecule has 20 heavy (non-hydrogen) atoms. The number of aromatic nitrogens is 1. The summed E-state index contributed by atoms with van der Waals surface area (Å²) in [7, 11) is -3.34. The second-order valence-electron chi connectivity index (χ2n) is 5.18. The number of rotatable bonds is 6. The predicted octanol–water partition coefficient (Wildman–Crippen LogP) is 1.42. The van der Waals surface area contributed by atoms with E-state index in [9.17, 15) is 8.42 Å². The Morgan fingerprint density at radius 1 is 1.45 bits per heavy atom. The Bertz CT molecular complexity index is 550. The highest BCUT2D eigenvalue weighted by atomic mass is 32.2. The van der Waals surface area contributed by atoms with Crippen molar-refractivity contribution in [2.24, 2.45) is 0 Å². The second-order valence-corrected chi connectivity index (χ2v) is 8.17. The molecular formula is C12H22N4O2S2. The van der Waals surface area contributed by atoms with Crippen LogP contribution < -0.4 is 11.1 Å². The Morgan fingerprint density at radius 2 is 2.10 bits per heavy atom. The van der Waals surface area contributed by atoms with Gasteiger partial charge in [0.1, 0.15) is 9.90 Å². The van der Waals surface area contributed by atoms with Gasteiger partial charge in [0.25, 0.3) is 0 Å². The summed E-state index contributed by atoms with van der Waals surface area (Å²) in [4.78, 5) is 2.55. The zero-order valence-corrected chi connectivity index (χ0v) is 13.6. The molecule has 1 aliphatic heterocycles. The highest BCUT2D eigenvalue weighted by molar-refractivity contribution is 7.91. The molecule has 0 spiro atoms. The lowest BCUT2D eigenvalue weighted by Crippen LogP contribution is -2.33. The van der Waals surface area contributed by atoms with Crippen molar-refractivity contribution in [3.8, 4) is 0 Å². The Morgan fingerprint density at radius 3 is 2.70 bits per heavy atom. The highest BCUT2D eigenvalue weighted by Gasteiger charge is 2.25. The van der Waals surface area contributed by atoms with Crippen LogP contribution in [0, 0.1) is 0 Å². The fraction of sp³-hybridized carbons (Fsp3) is 0.750. The first-order valence-corrected chi connectivity index (χ1v) is 9.33. The van der Waals surface area contributed by atoms with Gasteiger partial charge in [0, 0.05) is 12.6 Å². The van der Waals surface area contributed by atoms with Crippen molar-refractivity contribution in [2.75, 3.05) is 36.4 Å². The summed E-state index contributed by atoms with van der Waals surface area (Å²) >= 11 is 1.12. The lowest BCUT2D eigenvalue weighted by Gasteiger charge is -2.21. The van der Waals surface area contributed by atoms with Crippen LogP contribution in [-0.4, -0.2) is 49.1 Å². The summed E-state index contributed by atoms with van der Waals surface area (Å²) in [5.74, 6) is 0.137. The summed E-state index contributed by atoms with van der Waals surface area (Å²) in [6.45, 7) is 6.82. The Hall–Kier alpha value is -0.860. The van der Waals surface area contributed by atoms with E-state index in [1.54, 1.807) is 6.92 Å². The van der Waals surface area contributed by atoms with E-state index in [1.165, 1.54) is 12.8 Å². The molecule has 114 valence electrons. The number of likely N-dealkylation sites (tertiary alicyclic amines) is 1. The predicted molar refractivity (Wildman–Crippen MR) is 83.0 cm³/mol. The Kier molecular flexibility index (Phi) is 4.87. The molecule has 6 nitrogen and oxygen atoms in total. The molecular weight excluding hydrogens is 296 g/mol. The van der Waals surface area contributed by atoms with Gasteiger partial charge in [-0.05, 0) is 44.4 Å². The SMILES string of the molecule is CCS(=O)(=O)c1c(N)nsc1NC(C)CN1CCCC1. The van der Waals surface area contributed by atoms with Crippen LogP contribution in [0.3, 0.4) is 0 Å². The summed E-state index contributed by atoms with van der Waals surface area (Å²) < 4.78 is 28.1. The molecule has 8 heteroatoms. The third-order valence-electron chi connectivity index (χ3n) is 3.47. The summed E-state index contributed by atoms with van der Waals surface area (Å²) in [6.07, 6.45) is 2.49. The third kappa shape index (κ3) is 3.42. The minimum absolute atomic E-state index is 0.0325. The molecule has 2 heterocycles. The maximum atomic E-state index is 12.1. The van der Waals surface area contributed by atoms with Crippen molar-refractivity contribution >= 4 is 32.2 Å². The van der Waals surface area contributed by atoms with Gasteiger partial charge in [-0.1, -0.05) is 6.92 Å². The molecule has 3 N–H and O–H groups in total. The smallest absolute Gasteiger partial charge is 0.184 e. The Balaban J connectivity index is 2.09. The fourth-order valence-electron chi connectivity index (χ4n) is 2.45. The van der Waals surface area contributed by atoms with Gasteiger partial charge >= 0.3 is 0 Å². The van der Waals surface area contributed by atoms with Crippen LogP contribution >= 0.6 is 11.5 Å². The van der Waals surface area contributed by atoms with Crippen LogP contribution in [0.2, 0.25) is 0 Å². The van der Waals surface area contributed by atoms with Crippen LogP contribution in [0.15, 0.2) is 4.90 Å². The molecule has 0 bridgehead atoms. The molecule has 2 rings (SSSR count). The summed E-state index contributed by atoms with van der Waals surface area (Å²) in [5.41, 5.74) is 5.71. The number of hydrogen-bond donors (Lipinski definition) is 2. The molecule has 1 aromatic rings. The van der Waals surface area contributed by atoms with E-state index in [1.807, 2.05) is 0 Å². The largest absolute Gasteiger partial charge is 0.382 e. The molecule has 0 amide bonds. The van der Waals surface area contributed by atoms with Gasteiger partial charge < -0.3 is 16.0 Å². The van der Waals surface area contributed by atoms with Gasteiger partial charge in [-0.3, -0.25) is 0 Å². The monoisotopic (exact) mass is 318 g/mol. The number of anilines is 2. The fourth-order valence-corrected chi connectivity index (χ4v) is 4.72. The van der Waals surface area contributed by atoms with E-state index in [4.69, 9.17) is 5.73 Å². The molecule has 1 saturated heterocycles. The minimum atomic E-state index is -3.34. The molecule has 1 unspecified atom stereocenters. The van der Waals surface area contributed by atoms with Crippen molar-refractivity contribution in [2.45, 2.75) is 37.6 Å². The standard InChI is InChI=1S/C12H22N4O2S2/c1-3-20(17,18)10-11(13)15-19-12(10)14-9(2)8-16-6-4-5-7-16/h9,14H,3-8H2,1-2H3,(H2,13,15). The highest BCUT2D eigenvalue weighted by Crippen LogP contribution is 2.32. The lowest BCUT2D eigenvalue weighted by molar-refractivity contribution is 0.328. The molecule has 0 aliphatic carbocycles. The van der Waals surface area contributed by atoms with E-state index >= 15 is 0 Å². The number of nitrogen functional groups attached to an aromatic ring is 1. The van der Waals surface area contributed by atoms with Crippen molar-refractivity contribution in [3.63, 3.8) is 0 Å².